The second kappa shape index (κ2) is 36.6. The van der Waals surface area contributed by atoms with Crippen molar-refractivity contribution in [2.75, 3.05) is 0 Å². The van der Waals surface area contributed by atoms with Crippen molar-refractivity contribution >= 4 is 11.9 Å². The highest BCUT2D eigenvalue weighted by Crippen LogP contribution is 2.51. The monoisotopic (exact) mass is 837 g/mol. The van der Waals surface area contributed by atoms with Gasteiger partial charge in [0, 0.05) is 11.1 Å². The van der Waals surface area contributed by atoms with Crippen LogP contribution in [0.4, 0.5) is 0 Å². The molecule has 2 unspecified atom stereocenters. The maximum atomic E-state index is 13.8. The van der Waals surface area contributed by atoms with Crippen molar-refractivity contribution in [3.05, 3.63) is 34.4 Å². The number of benzene rings is 1. The summed E-state index contributed by atoms with van der Waals surface area (Å²) in [5.74, 6) is -2.70. The zero-order chi connectivity index (χ0) is 44.2. The van der Waals surface area contributed by atoms with Crippen LogP contribution in [0.3, 0.4) is 0 Å². The molecule has 0 spiro atoms. The molecule has 0 aliphatic carbocycles. The average Bonchev–Trinajstić information content (AvgIpc) is 3.24. The number of unbranched alkanes of at least 4 members (excludes halogenated alkanes) is 28. The summed E-state index contributed by atoms with van der Waals surface area (Å²) in [4.78, 5) is 26.9. The molecule has 4 nitrogen and oxygen atoms in total. The van der Waals surface area contributed by atoms with Crippen LogP contribution in [-0.4, -0.2) is 11.9 Å². The Morgan fingerprint density at radius 3 is 0.867 bits per heavy atom. The maximum Gasteiger partial charge on any atom is 0.0725 e. The van der Waals surface area contributed by atoms with E-state index in [0.29, 0.717) is 0 Å². The van der Waals surface area contributed by atoms with E-state index < -0.39 is 17.4 Å². The van der Waals surface area contributed by atoms with E-state index in [-0.39, 0.29) is 16.5 Å². The summed E-state index contributed by atoms with van der Waals surface area (Å²) in [5, 5.41) is 26.9. The third-order valence-electron chi connectivity index (χ3n) is 14.3. The lowest BCUT2D eigenvalue weighted by atomic mass is 9.59. The van der Waals surface area contributed by atoms with E-state index >= 15 is 0 Å². The molecule has 350 valence electrons. The summed E-state index contributed by atoms with van der Waals surface area (Å²) >= 11 is 0. The van der Waals surface area contributed by atoms with Crippen molar-refractivity contribution in [2.24, 2.45) is 0 Å². The van der Waals surface area contributed by atoms with E-state index in [0.717, 1.165) is 108 Å². The van der Waals surface area contributed by atoms with Crippen LogP contribution in [0.25, 0.3) is 0 Å². The Hall–Kier alpha value is -1.84. The van der Waals surface area contributed by atoms with Crippen molar-refractivity contribution in [3.63, 3.8) is 0 Å². The maximum absolute atomic E-state index is 13.8. The number of carbonyl (C=O) groups excluding carboxylic acids is 2. The van der Waals surface area contributed by atoms with Crippen LogP contribution in [0.5, 0.6) is 0 Å². The van der Waals surface area contributed by atoms with E-state index in [1.165, 1.54) is 160 Å². The summed E-state index contributed by atoms with van der Waals surface area (Å²) in [7, 11) is 0. The first-order chi connectivity index (χ1) is 29.2. The highest BCUT2D eigenvalue weighted by molar-refractivity contribution is 6.02. The molecule has 4 heteroatoms. The largest absolute Gasteiger partial charge is 0.545 e. The number of carboxylic acid groups (broad SMARTS) is 2. The number of hydrogen-bond donors (Lipinski definition) is 0. The fraction of sp³-hybridized carbons (Fsp3) is 0.857. The molecule has 60 heavy (non-hydrogen) atoms. The molecule has 0 N–H and O–H groups in total. The normalized spacial score (nSPS) is 13.7. The molecule has 0 aliphatic rings. The molecule has 0 amide bonds. The Balaban J connectivity index is 4.20. The van der Waals surface area contributed by atoms with Gasteiger partial charge in [0.15, 0.2) is 0 Å². The summed E-state index contributed by atoms with van der Waals surface area (Å²) < 4.78 is 0. The summed E-state index contributed by atoms with van der Waals surface area (Å²) in [6.07, 6.45) is 46.7. The van der Waals surface area contributed by atoms with Gasteiger partial charge in [-0.1, -0.05) is 272 Å². The molecule has 0 bridgehead atoms. The zero-order valence-corrected chi connectivity index (χ0v) is 41.1. The Morgan fingerprint density at radius 1 is 0.350 bits per heavy atom. The van der Waals surface area contributed by atoms with Crippen LogP contribution in [0.1, 0.15) is 330 Å². The van der Waals surface area contributed by atoms with Crippen molar-refractivity contribution in [1.82, 2.24) is 0 Å². The minimum absolute atomic E-state index is 0.0302. The molecule has 1 aromatic carbocycles. The van der Waals surface area contributed by atoms with E-state index in [9.17, 15) is 19.8 Å². The number of carboxylic acids is 2. The first kappa shape index (κ1) is 56.2. The van der Waals surface area contributed by atoms with Crippen molar-refractivity contribution in [2.45, 2.75) is 309 Å². The smallest absolute Gasteiger partial charge is 0.0725 e. The standard InChI is InChI=1S/C56H102O4/c1-7-13-19-25-29-33-38-45-55(43-35-23-17-11-5,44-37-31-27-21-15-9-3)50-42-41-49(53(57)58)51(54(59)60)52(50)56(46-36-24-18-12-6,47-39-32-28-22-16-10-4)48-40-34-30-26-20-14-8-2/h41-42H,7-40,43-48H2,1-6H3,(H,57,58)(H,59,60)/p-2. The minimum Gasteiger partial charge on any atom is -0.545 e. The zero-order valence-electron chi connectivity index (χ0n) is 41.1. The van der Waals surface area contributed by atoms with Gasteiger partial charge in [0.05, 0.1) is 11.9 Å². The van der Waals surface area contributed by atoms with Crippen LogP contribution in [-0.2, 0) is 10.8 Å². The number of carbonyl (C=O) groups is 2. The number of aromatic carboxylic acids is 2. The van der Waals surface area contributed by atoms with Gasteiger partial charge in [0.1, 0.15) is 0 Å². The Morgan fingerprint density at radius 2 is 0.600 bits per heavy atom. The molecule has 1 rings (SSSR count). The van der Waals surface area contributed by atoms with E-state index in [1.54, 1.807) is 6.07 Å². The molecule has 0 aromatic heterocycles. The average molecular weight is 837 g/mol. The molecule has 0 saturated heterocycles. The first-order valence-electron chi connectivity index (χ1n) is 26.8. The molecule has 0 aliphatic heterocycles. The molecular weight excluding hydrogens is 737 g/mol. The molecule has 0 fully saturated rings. The lowest BCUT2D eigenvalue weighted by molar-refractivity contribution is -0.259. The van der Waals surface area contributed by atoms with Crippen LogP contribution >= 0.6 is 0 Å². The quantitative estimate of drug-likeness (QED) is 0.0613. The van der Waals surface area contributed by atoms with E-state index in [1.807, 2.05) is 0 Å². The highest BCUT2D eigenvalue weighted by Gasteiger charge is 2.42. The topological polar surface area (TPSA) is 80.3 Å². The van der Waals surface area contributed by atoms with Crippen molar-refractivity contribution in [1.29, 1.82) is 0 Å². The number of rotatable bonds is 44. The van der Waals surface area contributed by atoms with Crippen LogP contribution in [0, 0.1) is 0 Å². The lowest BCUT2D eigenvalue weighted by Gasteiger charge is -2.45. The van der Waals surface area contributed by atoms with Gasteiger partial charge in [-0.15, -0.1) is 0 Å². The SMILES string of the molecule is CCCCCCCCCC(CCCCCC)(CCCCCCCC)c1ccc(C(=O)[O-])c(C(=O)[O-])c1C(CCCCCC)(CCCCCCCC)CCCCCCCCC. The first-order valence-corrected chi connectivity index (χ1v) is 26.8. The van der Waals surface area contributed by atoms with Gasteiger partial charge in [-0.25, -0.2) is 0 Å². The van der Waals surface area contributed by atoms with Crippen LogP contribution in [0.2, 0.25) is 0 Å². The summed E-state index contributed by atoms with van der Waals surface area (Å²) in [6, 6.07) is 3.77. The van der Waals surface area contributed by atoms with Gasteiger partial charge in [-0.3, -0.25) is 0 Å². The van der Waals surface area contributed by atoms with E-state index in [2.05, 4.69) is 47.6 Å². The van der Waals surface area contributed by atoms with Gasteiger partial charge in [0.25, 0.3) is 0 Å². The highest BCUT2D eigenvalue weighted by atomic mass is 16.4. The van der Waals surface area contributed by atoms with Gasteiger partial charge in [0.2, 0.25) is 0 Å². The number of hydrogen-bond acceptors (Lipinski definition) is 4. The van der Waals surface area contributed by atoms with Gasteiger partial charge < -0.3 is 19.8 Å². The Bertz CT molecular complexity index is 1190. The third kappa shape index (κ3) is 22.5. The third-order valence-corrected chi connectivity index (χ3v) is 14.3. The van der Waals surface area contributed by atoms with Crippen LogP contribution < -0.4 is 10.2 Å². The molecule has 0 saturated carbocycles. The Kier molecular flexibility index (Phi) is 34.3. The predicted molar refractivity (Wildman–Crippen MR) is 257 cm³/mol. The van der Waals surface area contributed by atoms with Crippen molar-refractivity contribution in [3.8, 4) is 0 Å². The second-order valence-corrected chi connectivity index (χ2v) is 19.4. The molecule has 1 aromatic rings. The van der Waals surface area contributed by atoms with E-state index in [4.69, 9.17) is 0 Å². The Labute approximate surface area is 374 Å². The molecular formula is C56H100O4-2. The fourth-order valence-corrected chi connectivity index (χ4v) is 10.6. The molecule has 0 radical (unpaired) electrons. The van der Waals surface area contributed by atoms with Gasteiger partial charge >= 0.3 is 0 Å². The predicted octanol–water partition coefficient (Wildman–Crippen LogP) is 16.6. The van der Waals surface area contributed by atoms with Crippen LogP contribution in [0.15, 0.2) is 12.1 Å². The summed E-state index contributed by atoms with van der Waals surface area (Å²) in [5.41, 5.74) is 1.27. The second-order valence-electron chi connectivity index (χ2n) is 19.4. The van der Waals surface area contributed by atoms with Crippen molar-refractivity contribution < 1.29 is 19.8 Å². The lowest BCUT2D eigenvalue weighted by Crippen LogP contribution is -2.40. The minimum atomic E-state index is -1.38. The molecule has 2 atom stereocenters. The van der Waals surface area contributed by atoms with Gasteiger partial charge in [-0.05, 0) is 60.5 Å². The molecule has 0 heterocycles. The summed E-state index contributed by atoms with van der Waals surface area (Å²) in [6.45, 7) is 13.6. The van der Waals surface area contributed by atoms with Gasteiger partial charge in [-0.2, -0.15) is 0 Å². The fourth-order valence-electron chi connectivity index (χ4n) is 10.6.